The standard InChI is InChI=1S/C10H9NO3/c1-14-10(13)9-7-5-11-3-2-6(7)4-8(9)12/h2-3,5,9H,4H2,1H3. The number of hydrogen-bond acceptors (Lipinski definition) is 4. The molecule has 0 amide bonds. The summed E-state index contributed by atoms with van der Waals surface area (Å²) in [5.41, 5.74) is 1.56. The van der Waals surface area contributed by atoms with Gasteiger partial charge in [0.1, 0.15) is 5.92 Å². The summed E-state index contributed by atoms with van der Waals surface area (Å²) < 4.78 is 4.57. The van der Waals surface area contributed by atoms with Crippen LogP contribution in [0.2, 0.25) is 0 Å². The van der Waals surface area contributed by atoms with E-state index in [1.807, 2.05) is 0 Å². The predicted molar refractivity (Wildman–Crippen MR) is 47.7 cm³/mol. The van der Waals surface area contributed by atoms with E-state index >= 15 is 0 Å². The van der Waals surface area contributed by atoms with E-state index < -0.39 is 11.9 Å². The van der Waals surface area contributed by atoms with Crippen molar-refractivity contribution in [2.45, 2.75) is 12.3 Å². The largest absolute Gasteiger partial charge is 0.468 e. The number of esters is 1. The van der Waals surface area contributed by atoms with Gasteiger partial charge < -0.3 is 4.74 Å². The second kappa shape index (κ2) is 3.21. The molecule has 1 aromatic rings. The number of aromatic nitrogens is 1. The first-order valence-corrected chi connectivity index (χ1v) is 4.27. The molecule has 0 aliphatic heterocycles. The number of methoxy groups -OCH3 is 1. The predicted octanol–water partition coefficient (Wildman–Crippen LogP) is 0.463. The molecule has 0 bridgehead atoms. The second-order valence-corrected chi connectivity index (χ2v) is 3.17. The number of hydrogen-bond donors (Lipinski definition) is 0. The maximum atomic E-state index is 11.5. The van der Waals surface area contributed by atoms with E-state index in [-0.39, 0.29) is 5.78 Å². The molecular weight excluding hydrogens is 182 g/mol. The van der Waals surface area contributed by atoms with Crippen molar-refractivity contribution in [2.75, 3.05) is 7.11 Å². The van der Waals surface area contributed by atoms with Crippen LogP contribution in [-0.4, -0.2) is 23.8 Å². The van der Waals surface area contributed by atoms with Gasteiger partial charge in [-0.15, -0.1) is 0 Å². The zero-order valence-electron chi connectivity index (χ0n) is 7.69. The molecule has 1 unspecified atom stereocenters. The maximum absolute atomic E-state index is 11.5. The first kappa shape index (κ1) is 8.87. The van der Waals surface area contributed by atoms with Crippen molar-refractivity contribution in [2.24, 2.45) is 0 Å². The molecule has 0 spiro atoms. The lowest BCUT2D eigenvalue weighted by molar-refractivity contribution is -0.145. The van der Waals surface area contributed by atoms with Gasteiger partial charge in [0.05, 0.1) is 7.11 Å². The molecule has 1 aliphatic carbocycles. The first-order valence-electron chi connectivity index (χ1n) is 4.27. The first-order chi connectivity index (χ1) is 6.74. The molecule has 0 saturated carbocycles. The van der Waals surface area contributed by atoms with E-state index in [2.05, 4.69) is 9.72 Å². The highest BCUT2D eigenvalue weighted by molar-refractivity contribution is 6.08. The third-order valence-electron chi connectivity index (χ3n) is 2.38. The Balaban J connectivity index is 2.44. The zero-order valence-corrected chi connectivity index (χ0v) is 7.69. The summed E-state index contributed by atoms with van der Waals surface area (Å²) in [7, 11) is 1.28. The fraction of sp³-hybridized carbons (Fsp3) is 0.300. The van der Waals surface area contributed by atoms with Crippen LogP contribution >= 0.6 is 0 Å². The molecule has 1 aromatic heterocycles. The van der Waals surface area contributed by atoms with Gasteiger partial charge in [0.15, 0.2) is 5.78 Å². The smallest absolute Gasteiger partial charge is 0.320 e. The van der Waals surface area contributed by atoms with E-state index in [1.165, 1.54) is 7.11 Å². The molecule has 4 heteroatoms. The maximum Gasteiger partial charge on any atom is 0.320 e. The molecule has 0 N–H and O–H groups in total. The molecule has 0 saturated heterocycles. The molecule has 0 radical (unpaired) electrons. The number of ketones is 1. The lowest BCUT2D eigenvalue weighted by Crippen LogP contribution is -2.18. The van der Waals surface area contributed by atoms with E-state index in [4.69, 9.17) is 0 Å². The van der Waals surface area contributed by atoms with Crippen LogP contribution in [0.3, 0.4) is 0 Å². The third-order valence-corrected chi connectivity index (χ3v) is 2.38. The number of nitrogens with zero attached hydrogens (tertiary/aromatic N) is 1. The van der Waals surface area contributed by atoms with Gasteiger partial charge in [0.25, 0.3) is 0 Å². The van der Waals surface area contributed by atoms with Gasteiger partial charge in [-0.05, 0) is 17.2 Å². The van der Waals surface area contributed by atoms with Gasteiger partial charge in [-0.25, -0.2) is 0 Å². The van der Waals surface area contributed by atoms with Gasteiger partial charge in [-0.1, -0.05) is 0 Å². The highest BCUT2D eigenvalue weighted by atomic mass is 16.5. The minimum atomic E-state index is -0.760. The Hall–Kier alpha value is -1.71. The van der Waals surface area contributed by atoms with Crippen LogP contribution in [0, 0.1) is 0 Å². The third kappa shape index (κ3) is 1.19. The molecule has 4 nitrogen and oxygen atoms in total. The van der Waals surface area contributed by atoms with Crippen LogP contribution in [0.5, 0.6) is 0 Å². The van der Waals surface area contributed by atoms with Gasteiger partial charge in [0.2, 0.25) is 0 Å². The van der Waals surface area contributed by atoms with Crippen molar-refractivity contribution in [1.82, 2.24) is 4.98 Å². The van der Waals surface area contributed by atoms with E-state index in [1.54, 1.807) is 18.5 Å². The van der Waals surface area contributed by atoms with Gasteiger partial charge >= 0.3 is 5.97 Å². The Kier molecular flexibility index (Phi) is 2.04. The molecule has 0 aromatic carbocycles. The second-order valence-electron chi connectivity index (χ2n) is 3.17. The SMILES string of the molecule is COC(=O)C1C(=O)Cc2ccncc21. The summed E-state index contributed by atoms with van der Waals surface area (Å²) >= 11 is 0. The Morgan fingerprint density at radius 1 is 1.64 bits per heavy atom. The normalized spacial score (nSPS) is 19.2. The van der Waals surface area contributed by atoms with Gasteiger partial charge in [-0.3, -0.25) is 14.6 Å². The van der Waals surface area contributed by atoms with Crippen LogP contribution in [0.15, 0.2) is 18.5 Å². The molecule has 1 atom stereocenters. The Labute approximate surface area is 80.9 Å². The van der Waals surface area contributed by atoms with Crippen molar-refractivity contribution < 1.29 is 14.3 Å². The fourth-order valence-electron chi connectivity index (χ4n) is 1.70. The summed E-state index contributed by atoms with van der Waals surface area (Å²) in [6.07, 6.45) is 3.48. The van der Waals surface area contributed by atoms with Crippen molar-refractivity contribution in [3.05, 3.63) is 29.6 Å². The minimum absolute atomic E-state index is 0.111. The van der Waals surface area contributed by atoms with Crippen molar-refractivity contribution in [1.29, 1.82) is 0 Å². The summed E-state index contributed by atoms with van der Waals surface area (Å²) in [6, 6.07) is 1.76. The Morgan fingerprint density at radius 3 is 3.14 bits per heavy atom. The summed E-state index contributed by atoms with van der Waals surface area (Å²) in [4.78, 5) is 26.7. The summed E-state index contributed by atoms with van der Waals surface area (Å²) in [5, 5.41) is 0. The number of rotatable bonds is 1. The lowest BCUT2D eigenvalue weighted by Gasteiger charge is -2.06. The summed E-state index contributed by atoms with van der Waals surface area (Å²) in [5.74, 6) is -1.37. The Morgan fingerprint density at radius 2 is 2.43 bits per heavy atom. The number of ether oxygens (including phenoxy) is 1. The van der Waals surface area contributed by atoms with Crippen LogP contribution in [-0.2, 0) is 20.7 Å². The van der Waals surface area contributed by atoms with Crippen molar-refractivity contribution in [3.8, 4) is 0 Å². The average Bonchev–Trinajstić information content (AvgIpc) is 2.53. The number of Topliss-reactive ketones (excluding diaryl/α,β-unsaturated/α-hetero) is 1. The van der Waals surface area contributed by atoms with E-state index in [9.17, 15) is 9.59 Å². The van der Waals surface area contributed by atoms with Crippen LogP contribution in [0.4, 0.5) is 0 Å². The summed E-state index contributed by atoms with van der Waals surface area (Å²) in [6.45, 7) is 0. The van der Waals surface area contributed by atoms with Crippen LogP contribution in [0.25, 0.3) is 0 Å². The molecular formula is C10H9NO3. The molecule has 72 valence electrons. The minimum Gasteiger partial charge on any atom is -0.468 e. The number of carbonyl (C=O) groups is 2. The Bertz CT molecular complexity index is 392. The van der Waals surface area contributed by atoms with E-state index in [0.29, 0.717) is 12.0 Å². The van der Waals surface area contributed by atoms with Gasteiger partial charge in [0, 0.05) is 18.8 Å². The molecule has 14 heavy (non-hydrogen) atoms. The number of carbonyl (C=O) groups excluding carboxylic acids is 2. The van der Waals surface area contributed by atoms with Gasteiger partial charge in [-0.2, -0.15) is 0 Å². The van der Waals surface area contributed by atoms with Crippen molar-refractivity contribution >= 4 is 11.8 Å². The lowest BCUT2D eigenvalue weighted by atomic mass is 10.0. The molecule has 1 heterocycles. The zero-order chi connectivity index (χ0) is 10.1. The van der Waals surface area contributed by atoms with Crippen LogP contribution < -0.4 is 0 Å². The highest BCUT2D eigenvalue weighted by Crippen LogP contribution is 2.30. The topological polar surface area (TPSA) is 56.3 Å². The van der Waals surface area contributed by atoms with Crippen molar-refractivity contribution in [3.63, 3.8) is 0 Å². The molecule has 2 rings (SSSR count). The fourth-order valence-corrected chi connectivity index (χ4v) is 1.70. The molecule has 1 aliphatic rings. The molecule has 0 fully saturated rings. The number of fused-ring (bicyclic) bond motifs is 1. The quantitative estimate of drug-likeness (QED) is 0.478. The number of pyridine rings is 1. The average molecular weight is 191 g/mol. The monoisotopic (exact) mass is 191 g/mol. The highest BCUT2D eigenvalue weighted by Gasteiger charge is 2.36. The van der Waals surface area contributed by atoms with Crippen LogP contribution in [0.1, 0.15) is 17.0 Å². The van der Waals surface area contributed by atoms with E-state index in [0.717, 1.165) is 5.56 Å².